The van der Waals surface area contributed by atoms with E-state index in [0.29, 0.717) is 11.4 Å². The molecule has 0 spiro atoms. The molecule has 0 bridgehead atoms. The van der Waals surface area contributed by atoms with Crippen LogP contribution >= 0.6 is 0 Å². The first-order valence-electron chi connectivity index (χ1n) is 6.41. The van der Waals surface area contributed by atoms with Crippen molar-refractivity contribution in [3.63, 3.8) is 0 Å². The summed E-state index contributed by atoms with van der Waals surface area (Å²) < 4.78 is 13.1. The van der Waals surface area contributed by atoms with Crippen molar-refractivity contribution in [2.75, 3.05) is 10.6 Å². The monoisotopic (exact) mass is 286 g/mol. The van der Waals surface area contributed by atoms with E-state index in [0.717, 1.165) is 5.56 Å². The summed E-state index contributed by atoms with van der Waals surface area (Å²) >= 11 is 0. The summed E-state index contributed by atoms with van der Waals surface area (Å²) in [5.41, 5.74) is 2.34. The van der Waals surface area contributed by atoms with E-state index in [9.17, 15) is 14.0 Å². The molecule has 2 aromatic rings. The lowest BCUT2D eigenvalue weighted by atomic mass is 10.1. The molecule has 0 heterocycles. The largest absolute Gasteiger partial charge is 0.326 e. The maximum Gasteiger partial charge on any atom is 0.255 e. The summed E-state index contributed by atoms with van der Waals surface area (Å²) in [5, 5.41) is 5.38. The molecule has 0 aliphatic rings. The van der Waals surface area contributed by atoms with Gasteiger partial charge in [0.05, 0.1) is 0 Å². The van der Waals surface area contributed by atoms with E-state index in [1.807, 2.05) is 6.92 Å². The van der Waals surface area contributed by atoms with Crippen LogP contribution < -0.4 is 10.6 Å². The van der Waals surface area contributed by atoms with Gasteiger partial charge in [-0.1, -0.05) is 6.07 Å². The minimum Gasteiger partial charge on any atom is -0.326 e. The van der Waals surface area contributed by atoms with Gasteiger partial charge in [-0.15, -0.1) is 0 Å². The Morgan fingerprint density at radius 1 is 1.05 bits per heavy atom. The lowest BCUT2D eigenvalue weighted by molar-refractivity contribution is -0.114. The van der Waals surface area contributed by atoms with E-state index in [-0.39, 0.29) is 17.4 Å². The highest BCUT2D eigenvalue weighted by Crippen LogP contribution is 2.20. The fourth-order valence-corrected chi connectivity index (χ4v) is 1.90. The van der Waals surface area contributed by atoms with Crippen molar-refractivity contribution in [3.05, 3.63) is 59.4 Å². The number of amides is 2. The molecular weight excluding hydrogens is 271 g/mol. The summed E-state index contributed by atoms with van der Waals surface area (Å²) in [4.78, 5) is 23.0. The standard InChI is InChI=1S/C16H15FN2O2/c1-10-8-14(6-7-15(10)18-11(2)20)19-16(21)12-4-3-5-13(17)9-12/h3-9H,1-2H3,(H,18,20)(H,19,21). The molecule has 0 atom stereocenters. The van der Waals surface area contributed by atoms with Gasteiger partial charge >= 0.3 is 0 Å². The number of carbonyl (C=O) groups is 2. The molecular formula is C16H15FN2O2. The number of hydrogen-bond acceptors (Lipinski definition) is 2. The first-order valence-corrected chi connectivity index (χ1v) is 6.41. The zero-order valence-corrected chi connectivity index (χ0v) is 11.7. The lowest BCUT2D eigenvalue weighted by Gasteiger charge is -2.10. The maximum absolute atomic E-state index is 13.1. The molecule has 4 nitrogen and oxygen atoms in total. The van der Waals surface area contributed by atoms with Crippen LogP contribution in [0.15, 0.2) is 42.5 Å². The second-order valence-electron chi connectivity index (χ2n) is 4.68. The predicted molar refractivity (Wildman–Crippen MR) is 79.8 cm³/mol. The third kappa shape index (κ3) is 3.89. The quantitative estimate of drug-likeness (QED) is 0.909. The molecule has 5 heteroatoms. The van der Waals surface area contributed by atoms with Crippen molar-refractivity contribution >= 4 is 23.2 Å². The number of carbonyl (C=O) groups excluding carboxylic acids is 2. The first-order chi connectivity index (χ1) is 9.95. The number of rotatable bonds is 3. The Hall–Kier alpha value is -2.69. The molecule has 0 aromatic heterocycles. The van der Waals surface area contributed by atoms with Gasteiger partial charge in [-0.05, 0) is 48.9 Å². The zero-order valence-electron chi connectivity index (χ0n) is 11.7. The van der Waals surface area contributed by atoms with Crippen molar-refractivity contribution < 1.29 is 14.0 Å². The van der Waals surface area contributed by atoms with Crippen LogP contribution in [0.2, 0.25) is 0 Å². The zero-order chi connectivity index (χ0) is 15.4. The van der Waals surface area contributed by atoms with Gasteiger partial charge in [0, 0.05) is 23.9 Å². The molecule has 0 aliphatic carbocycles. The van der Waals surface area contributed by atoms with Crippen LogP contribution in [0.1, 0.15) is 22.8 Å². The summed E-state index contributed by atoms with van der Waals surface area (Å²) in [6, 6.07) is 10.6. The van der Waals surface area contributed by atoms with Crippen LogP contribution in [-0.2, 0) is 4.79 Å². The first kappa shape index (κ1) is 14.7. The Morgan fingerprint density at radius 3 is 2.43 bits per heavy atom. The summed E-state index contributed by atoms with van der Waals surface area (Å²) in [7, 11) is 0. The van der Waals surface area contributed by atoms with Gasteiger partial charge in [0.2, 0.25) is 5.91 Å². The Morgan fingerprint density at radius 2 is 1.81 bits per heavy atom. The number of halogens is 1. The molecule has 2 N–H and O–H groups in total. The van der Waals surface area contributed by atoms with Gasteiger partial charge in [-0.2, -0.15) is 0 Å². The normalized spacial score (nSPS) is 10.0. The Bertz CT molecular complexity index is 698. The number of aryl methyl sites for hydroxylation is 1. The highest BCUT2D eigenvalue weighted by atomic mass is 19.1. The Labute approximate surface area is 122 Å². The van der Waals surface area contributed by atoms with E-state index in [1.54, 1.807) is 18.2 Å². The van der Waals surface area contributed by atoms with Crippen LogP contribution in [0.3, 0.4) is 0 Å². The molecule has 0 saturated heterocycles. The van der Waals surface area contributed by atoms with Crippen LogP contribution in [-0.4, -0.2) is 11.8 Å². The van der Waals surface area contributed by atoms with Crippen LogP contribution in [0.4, 0.5) is 15.8 Å². The van der Waals surface area contributed by atoms with Crippen molar-refractivity contribution in [3.8, 4) is 0 Å². The topological polar surface area (TPSA) is 58.2 Å². The van der Waals surface area contributed by atoms with E-state index in [1.165, 1.54) is 31.2 Å². The minimum absolute atomic E-state index is 0.158. The molecule has 2 aromatic carbocycles. The van der Waals surface area contributed by atoms with Crippen LogP contribution in [0.25, 0.3) is 0 Å². The molecule has 0 radical (unpaired) electrons. The highest BCUT2D eigenvalue weighted by molar-refractivity contribution is 6.04. The van der Waals surface area contributed by atoms with E-state index in [2.05, 4.69) is 10.6 Å². The molecule has 0 fully saturated rings. The summed E-state index contributed by atoms with van der Waals surface area (Å²) in [6.45, 7) is 3.25. The fourth-order valence-electron chi connectivity index (χ4n) is 1.90. The number of hydrogen-bond donors (Lipinski definition) is 2. The van der Waals surface area contributed by atoms with Gasteiger partial charge < -0.3 is 10.6 Å². The molecule has 2 amide bonds. The number of benzene rings is 2. The van der Waals surface area contributed by atoms with Crippen molar-refractivity contribution in [2.24, 2.45) is 0 Å². The predicted octanol–water partition coefficient (Wildman–Crippen LogP) is 3.34. The summed E-state index contributed by atoms with van der Waals surface area (Å²) in [6.07, 6.45) is 0. The van der Waals surface area contributed by atoms with E-state index >= 15 is 0 Å². The molecule has 0 aliphatic heterocycles. The van der Waals surface area contributed by atoms with Crippen molar-refractivity contribution in [1.82, 2.24) is 0 Å². The van der Waals surface area contributed by atoms with Crippen LogP contribution in [0, 0.1) is 12.7 Å². The highest BCUT2D eigenvalue weighted by Gasteiger charge is 2.08. The number of nitrogens with one attached hydrogen (secondary N) is 2. The van der Waals surface area contributed by atoms with Gasteiger partial charge in [0.25, 0.3) is 5.91 Å². The Balaban J connectivity index is 2.15. The van der Waals surface area contributed by atoms with Crippen molar-refractivity contribution in [1.29, 1.82) is 0 Å². The van der Waals surface area contributed by atoms with E-state index < -0.39 is 5.82 Å². The summed E-state index contributed by atoms with van der Waals surface area (Å²) in [5.74, 6) is -1.00. The third-order valence-corrected chi connectivity index (χ3v) is 2.88. The average molecular weight is 286 g/mol. The lowest BCUT2D eigenvalue weighted by Crippen LogP contribution is -2.13. The third-order valence-electron chi connectivity index (χ3n) is 2.88. The molecule has 2 rings (SSSR count). The second kappa shape index (κ2) is 6.17. The minimum atomic E-state index is -0.458. The van der Waals surface area contributed by atoms with Gasteiger partial charge in [0.15, 0.2) is 0 Å². The van der Waals surface area contributed by atoms with Gasteiger partial charge in [-0.3, -0.25) is 9.59 Å². The van der Waals surface area contributed by atoms with Gasteiger partial charge in [-0.25, -0.2) is 4.39 Å². The SMILES string of the molecule is CC(=O)Nc1ccc(NC(=O)c2cccc(F)c2)cc1C. The van der Waals surface area contributed by atoms with Crippen molar-refractivity contribution in [2.45, 2.75) is 13.8 Å². The van der Waals surface area contributed by atoms with E-state index in [4.69, 9.17) is 0 Å². The fraction of sp³-hybridized carbons (Fsp3) is 0.125. The molecule has 108 valence electrons. The van der Waals surface area contributed by atoms with Crippen LogP contribution in [0.5, 0.6) is 0 Å². The Kier molecular flexibility index (Phi) is 4.33. The smallest absolute Gasteiger partial charge is 0.255 e. The number of anilines is 2. The molecule has 0 saturated carbocycles. The molecule has 0 unspecified atom stereocenters. The average Bonchev–Trinajstić information content (AvgIpc) is 2.41. The molecule has 21 heavy (non-hydrogen) atoms. The van der Waals surface area contributed by atoms with Gasteiger partial charge in [0.1, 0.15) is 5.82 Å². The maximum atomic E-state index is 13.1. The second-order valence-corrected chi connectivity index (χ2v) is 4.68.